The van der Waals surface area contributed by atoms with Gasteiger partial charge in [0.05, 0.1) is 0 Å². The molecule has 202 valence electrons. The Kier molecular flexibility index (Phi) is 13.8. The van der Waals surface area contributed by atoms with Crippen molar-refractivity contribution in [1.82, 2.24) is 10.1 Å². The maximum Gasteiger partial charge on any atom is 0.333 e. The maximum absolute atomic E-state index is 11.7. The fraction of sp³-hybridized carbons (Fsp3) is 0.769. The van der Waals surface area contributed by atoms with Crippen molar-refractivity contribution in [3.8, 4) is 0 Å². The average molecular weight is 509 g/mol. The lowest BCUT2D eigenvalue weighted by atomic mass is 10.0. The van der Waals surface area contributed by atoms with Crippen LogP contribution in [0.2, 0.25) is 0 Å². The Morgan fingerprint density at radius 2 is 0.667 bits per heavy atom. The number of carbonyl (C=O) groups excluding carboxylic acids is 6. The number of nitrogens with zero attached hydrogens (tertiary/aromatic N) is 2. The van der Waals surface area contributed by atoms with Crippen molar-refractivity contribution in [3.63, 3.8) is 0 Å². The van der Waals surface area contributed by atoms with Crippen LogP contribution in [0.25, 0.3) is 0 Å². The van der Waals surface area contributed by atoms with Gasteiger partial charge in [0, 0.05) is 38.5 Å². The number of hydroxylamine groups is 4. The number of carbonyl (C=O) groups is 6. The third-order valence-corrected chi connectivity index (χ3v) is 6.41. The van der Waals surface area contributed by atoms with Crippen molar-refractivity contribution in [3.05, 3.63) is 0 Å². The molecule has 2 aliphatic heterocycles. The second-order valence-corrected chi connectivity index (χ2v) is 9.54. The van der Waals surface area contributed by atoms with Gasteiger partial charge in [-0.3, -0.25) is 19.2 Å². The summed E-state index contributed by atoms with van der Waals surface area (Å²) in [5.41, 5.74) is 0. The summed E-state index contributed by atoms with van der Waals surface area (Å²) < 4.78 is 0. The summed E-state index contributed by atoms with van der Waals surface area (Å²) in [5, 5.41) is 1.21. The lowest BCUT2D eigenvalue weighted by Gasteiger charge is -2.12. The quantitative estimate of drug-likeness (QED) is 0.185. The molecule has 0 bridgehead atoms. The molecule has 0 aromatic carbocycles. The van der Waals surface area contributed by atoms with Gasteiger partial charge < -0.3 is 9.68 Å². The number of rotatable bonds is 19. The summed E-state index contributed by atoms with van der Waals surface area (Å²) in [5.74, 6) is -2.81. The van der Waals surface area contributed by atoms with E-state index in [0.717, 1.165) is 38.5 Å². The topological polar surface area (TPSA) is 127 Å². The minimum Gasteiger partial charge on any atom is -0.330 e. The van der Waals surface area contributed by atoms with Crippen LogP contribution in [0.1, 0.15) is 128 Å². The SMILES string of the molecule is O=C(CCCCCCCCCCCCCCCCC(=O)ON1C(=O)CCC1=O)ON1C(=O)CCC1=O. The second-order valence-electron chi connectivity index (χ2n) is 9.54. The summed E-state index contributed by atoms with van der Waals surface area (Å²) in [4.78, 5) is 78.8. The normalized spacial score (nSPS) is 15.8. The lowest BCUT2D eigenvalue weighted by Crippen LogP contribution is -2.31. The smallest absolute Gasteiger partial charge is 0.330 e. The Hall–Kier alpha value is -2.78. The van der Waals surface area contributed by atoms with E-state index in [2.05, 4.69) is 0 Å². The van der Waals surface area contributed by atoms with Crippen molar-refractivity contribution >= 4 is 35.6 Å². The first-order chi connectivity index (χ1) is 17.4. The van der Waals surface area contributed by atoms with Gasteiger partial charge in [0.2, 0.25) is 0 Å². The Morgan fingerprint density at radius 1 is 0.444 bits per heavy atom. The molecular formula is C26H40N2O8. The molecule has 4 amide bonds. The molecular weight excluding hydrogens is 468 g/mol. The molecule has 10 nitrogen and oxygen atoms in total. The van der Waals surface area contributed by atoms with Gasteiger partial charge >= 0.3 is 11.9 Å². The van der Waals surface area contributed by atoms with E-state index < -0.39 is 35.6 Å². The Bertz CT molecular complexity index is 686. The molecule has 0 aromatic heterocycles. The number of hydrogen-bond donors (Lipinski definition) is 0. The molecule has 2 aliphatic rings. The zero-order valence-corrected chi connectivity index (χ0v) is 21.3. The molecule has 0 radical (unpaired) electrons. The predicted molar refractivity (Wildman–Crippen MR) is 128 cm³/mol. The lowest BCUT2D eigenvalue weighted by molar-refractivity contribution is -0.197. The zero-order valence-electron chi connectivity index (χ0n) is 21.3. The van der Waals surface area contributed by atoms with E-state index in [1.165, 1.54) is 38.5 Å². The molecule has 2 heterocycles. The van der Waals surface area contributed by atoms with E-state index in [1.807, 2.05) is 0 Å². The fourth-order valence-electron chi connectivity index (χ4n) is 4.27. The highest BCUT2D eigenvalue weighted by Crippen LogP contribution is 2.17. The van der Waals surface area contributed by atoms with Crippen LogP contribution >= 0.6 is 0 Å². The summed E-state index contributed by atoms with van der Waals surface area (Å²) in [6.45, 7) is 0. The number of hydrogen-bond acceptors (Lipinski definition) is 8. The second kappa shape index (κ2) is 16.8. The van der Waals surface area contributed by atoms with Gasteiger partial charge in [-0.25, -0.2) is 9.59 Å². The molecule has 0 atom stereocenters. The minimum absolute atomic E-state index is 0.113. The molecule has 36 heavy (non-hydrogen) atoms. The van der Waals surface area contributed by atoms with E-state index in [1.54, 1.807) is 0 Å². The standard InChI is InChI=1S/C26H40N2O8/c29-21-17-18-22(30)27(21)35-25(33)15-13-11-9-7-5-3-1-2-4-6-8-10-12-14-16-26(34)36-28-23(31)19-20-24(28)32/h1-20H2. The molecule has 0 aliphatic carbocycles. The number of amides is 4. The summed E-state index contributed by atoms with van der Waals surface area (Å²) in [6, 6.07) is 0. The maximum atomic E-state index is 11.7. The van der Waals surface area contributed by atoms with E-state index in [-0.39, 0.29) is 38.5 Å². The molecule has 2 saturated heterocycles. The van der Waals surface area contributed by atoms with Crippen molar-refractivity contribution < 1.29 is 38.4 Å². The largest absolute Gasteiger partial charge is 0.333 e. The summed E-state index contributed by atoms with van der Waals surface area (Å²) in [7, 11) is 0. The van der Waals surface area contributed by atoms with E-state index in [0.29, 0.717) is 23.0 Å². The van der Waals surface area contributed by atoms with Crippen molar-refractivity contribution in [2.24, 2.45) is 0 Å². The first kappa shape index (κ1) is 29.5. The monoisotopic (exact) mass is 508 g/mol. The summed E-state index contributed by atoms with van der Waals surface area (Å²) in [6.07, 6.45) is 15.8. The zero-order chi connectivity index (χ0) is 26.2. The van der Waals surface area contributed by atoms with Gasteiger partial charge in [-0.2, -0.15) is 0 Å². The van der Waals surface area contributed by atoms with Crippen LogP contribution < -0.4 is 0 Å². The molecule has 0 unspecified atom stereocenters. The summed E-state index contributed by atoms with van der Waals surface area (Å²) >= 11 is 0. The average Bonchev–Trinajstić information content (AvgIpc) is 3.34. The molecule has 2 fully saturated rings. The van der Waals surface area contributed by atoms with Crippen LogP contribution in [0.3, 0.4) is 0 Å². The van der Waals surface area contributed by atoms with E-state index in [9.17, 15) is 28.8 Å². The van der Waals surface area contributed by atoms with Gasteiger partial charge in [0.1, 0.15) is 0 Å². The van der Waals surface area contributed by atoms with Crippen LogP contribution in [0, 0.1) is 0 Å². The van der Waals surface area contributed by atoms with Crippen LogP contribution in [-0.2, 0) is 38.4 Å². The number of unbranched alkanes of at least 4 members (excludes halogenated alkanes) is 13. The number of imide groups is 2. The fourth-order valence-corrected chi connectivity index (χ4v) is 4.27. The van der Waals surface area contributed by atoms with Gasteiger partial charge in [0.15, 0.2) is 0 Å². The molecule has 0 N–H and O–H groups in total. The van der Waals surface area contributed by atoms with E-state index >= 15 is 0 Å². The Morgan fingerprint density at radius 3 is 0.917 bits per heavy atom. The molecule has 2 rings (SSSR count). The molecule has 0 saturated carbocycles. The van der Waals surface area contributed by atoms with Crippen LogP contribution in [0.5, 0.6) is 0 Å². The van der Waals surface area contributed by atoms with Crippen molar-refractivity contribution in [1.29, 1.82) is 0 Å². The van der Waals surface area contributed by atoms with Crippen molar-refractivity contribution in [2.45, 2.75) is 128 Å². The van der Waals surface area contributed by atoms with Crippen LogP contribution in [-0.4, -0.2) is 45.7 Å². The first-order valence-corrected chi connectivity index (χ1v) is 13.5. The molecule has 10 heteroatoms. The van der Waals surface area contributed by atoms with Gasteiger partial charge in [-0.1, -0.05) is 77.0 Å². The predicted octanol–water partition coefficient (Wildman–Crippen LogP) is 4.44. The highest BCUT2D eigenvalue weighted by molar-refractivity contribution is 6.02. The molecule has 0 spiro atoms. The van der Waals surface area contributed by atoms with Gasteiger partial charge in [-0.15, -0.1) is 10.1 Å². The highest BCUT2D eigenvalue weighted by atomic mass is 16.7. The van der Waals surface area contributed by atoms with Crippen molar-refractivity contribution in [2.75, 3.05) is 0 Å². The first-order valence-electron chi connectivity index (χ1n) is 13.5. The molecule has 0 aromatic rings. The minimum atomic E-state index is -0.519. The Labute approximate surface area is 212 Å². The van der Waals surface area contributed by atoms with Gasteiger partial charge in [0.25, 0.3) is 23.6 Å². The third-order valence-electron chi connectivity index (χ3n) is 6.41. The Balaban J connectivity index is 1.29. The van der Waals surface area contributed by atoms with Crippen LogP contribution in [0.15, 0.2) is 0 Å². The highest BCUT2D eigenvalue weighted by Gasteiger charge is 2.33. The third kappa shape index (κ3) is 11.3. The van der Waals surface area contributed by atoms with Crippen LogP contribution in [0.4, 0.5) is 0 Å². The van der Waals surface area contributed by atoms with Gasteiger partial charge in [-0.05, 0) is 12.8 Å². The van der Waals surface area contributed by atoms with E-state index in [4.69, 9.17) is 9.68 Å².